The second-order valence-corrected chi connectivity index (χ2v) is 5.05. The molecule has 3 nitrogen and oxygen atoms in total. The van der Waals surface area contributed by atoms with Crippen molar-refractivity contribution >= 4 is 34.5 Å². The van der Waals surface area contributed by atoms with E-state index >= 15 is 0 Å². The van der Waals surface area contributed by atoms with Crippen molar-refractivity contribution in [3.63, 3.8) is 0 Å². The van der Waals surface area contributed by atoms with Gasteiger partial charge >= 0.3 is 0 Å². The molecule has 0 radical (unpaired) electrons. The molecule has 2 aromatic rings. The number of nitrogens with one attached hydrogen (secondary N) is 1. The molecule has 0 unspecified atom stereocenters. The fourth-order valence-electron chi connectivity index (χ4n) is 1.42. The summed E-state index contributed by atoms with van der Waals surface area (Å²) in [6.07, 6.45) is 0. The van der Waals surface area contributed by atoms with E-state index < -0.39 is 5.91 Å². The molecule has 0 aliphatic heterocycles. The van der Waals surface area contributed by atoms with Gasteiger partial charge in [-0.05, 0) is 24.3 Å². The van der Waals surface area contributed by atoms with Crippen molar-refractivity contribution in [3.05, 3.63) is 50.9 Å². The summed E-state index contributed by atoms with van der Waals surface area (Å²) >= 11 is 7.33. The summed E-state index contributed by atoms with van der Waals surface area (Å²) in [5.74, 6) is -0.813. The first-order valence-electron chi connectivity index (χ1n) is 5.12. The van der Waals surface area contributed by atoms with Crippen molar-refractivity contribution in [3.8, 4) is 0 Å². The third kappa shape index (κ3) is 3.00. The molecule has 0 aliphatic rings. The van der Waals surface area contributed by atoms with Gasteiger partial charge in [0.15, 0.2) is 0 Å². The first-order valence-corrected chi connectivity index (χ1v) is 6.38. The zero-order valence-electron chi connectivity index (χ0n) is 9.24. The van der Waals surface area contributed by atoms with Gasteiger partial charge in [-0.2, -0.15) is 0 Å². The van der Waals surface area contributed by atoms with Crippen molar-refractivity contribution in [1.82, 2.24) is 0 Å². The number of nitrogens with two attached hydrogens (primary N) is 1. The molecule has 6 heteroatoms. The maximum absolute atomic E-state index is 13.0. The van der Waals surface area contributed by atoms with Gasteiger partial charge in [0, 0.05) is 16.8 Å². The summed E-state index contributed by atoms with van der Waals surface area (Å²) in [7, 11) is 0. The van der Waals surface area contributed by atoms with Gasteiger partial charge in [0.1, 0.15) is 5.82 Å². The second-order valence-electron chi connectivity index (χ2n) is 3.64. The van der Waals surface area contributed by atoms with E-state index in [-0.39, 0.29) is 5.82 Å². The van der Waals surface area contributed by atoms with E-state index in [2.05, 4.69) is 5.32 Å². The summed E-state index contributed by atoms with van der Waals surface area (Å²) in [6, 6.07) is 5.81. The van der Waals surface area contributed by atoms with Crippen LogP contribution in [-0.2, 0) is 6.54 Å². The van der Waals surface area contributed by atoms with E-state index in [1.165, 1.54) is 29.5 Å². The van der Waals surface area contributed by atoms with E-state index in [1.54, 1.807) is 11.4 Å². The molecule has 1 heterocycles. The fourth-order valence-corrected chi connectivity index (χ4v) is 2.42. The number of hydrogen-bond donors (Lipinski definition) is 2. The number of amides is 1. The molecule has 0 aliphatic carbocycles. The Morgan fingerprint density at radius 3 is 2.89 bits per heavy atom. The minimum atomic E-state index is -0.457. The van der Waals surface area contributed by atoms with Crippen LogP contribution in [0.5, 0.6) is 0 Å². The van der Waals surface area contributed by atoms with Gasteiger partial charge in [-0.25, -0.2) is 4.39 Å². The van der Waals surface area contributed by atoms with Crippen LogP contribution < -0.4 is 11.1 Å². The quantitative estimate of drug-likeness (QED) is 0.905. The largest absolute Gasteiger partial charge is 0.379 e. The van der Waals surface area contributed by atoms with E-state index in [4.69, 9.17) is 17.3 Å². The highest BCUT2D eigenvalue weighted by Crippen LogP contribution is 2.24. The summed E-state index contributed by atoms with van der Waals surface area (Å²) < 4.78 is 13.0. The maximum Gasteiger partial charge on any atom is 0.249 e. The van der Waals surface area contributed by atoms with Crippen LogP contribution in [-0.4, -0.2) is 5.91 Å². The van der Waals surface area contributed by atoms with Gasteiger partial charge in [-0.3, -0.25) is 4.79 Å². The minimum absolute atomic E-state index is 0.356. The average Bonchev–Trinajstić information content (AvgIpc) is 2.79. The normalized spacial score (nSPS) is 10.3. The molecule has 2 rings (SSSR count). The lowest BCUT2D eigenvalue weighted by Gasteiger charge is -2.06. The SMILES string of the molecule is NC(=O)c1csc(CNc2cc(F)ccc2Cl)c1. The van der Waals surface area contributed by atoms with Gasteiger partial charge < -0.3 is 11.1 Å². The summed E-state index contributed by atoms with van der Waals surface area (Å²) in [5.41, 5.74) is 6.15. The Hall–Kier alpha value is -1.59. The van der Waals surface area contributed by atoms with Crippen LogP contribution in [0.1, 0.15) is 15.2 Å². The Balaban J connectivity index is 2.06. The number of halogens is 2. The van der Waals surface area contributed by atoms with Crippen LogP contribution in [0.15, 0.2) is 29.6 Å². The number of anilines is 1. The smallest absolute Gasteiger partial charge is 0.249 e. The van der Waals surface area contributed by atoms with Crippen molar-refractivity contribution in [1.29, 1.82) is 0 Å². The van der Waals surface area contributed by atoms with Crippen molar-refractivity contribution < 1.29 is 9.18 Å². The molecular formula is C12H10ClFN2OS. The molecule has 0 fully saturated rings. The van der Waals surface area contributed by atoms with Crippen molar-refractivity contribution in [2.45, 2.75) is 6.54 Å². The Kier molecular flexibility index (Phi) is 3.84. The maximum atomic E-state index is 13.0. The number of hydrogen-bond acceptors (Lipinski definition) is 3. The topological polar surface area (TPSA) is 55.1 Å². The van der Waals surface area contributed by atoms with Crippen LogP contribution in [0.25, 0.3) is 0 Å². The van der Waals surface area contributed by atoms with E-state index in [9.17, 15) is 9.18 Å². The predicted octanol–water partition coefficient (Wildman–Crippen LogP) is 3.25. The molecule has 1 aromatic heterocycles. The van der Waals surface area contributed by atoms with Gasteiger partial charge in [0.05, 0.1) is 16.3 Å². The van der Waals surface area contributed by atoms with Crippen molar-refractivity contribution in [2.75, 3.05) is 5.32 Å². The number of primary amides is 1. The van der Waals surface area contributed by atoms with E-state index in [0.717, 1.165) is 4.88 Å². The Morgan fingerprint density at radius 2 is 2.22 bits per heavy atom. The molecular weight excluding hydrogens is 275 g/mol. The Morgan fingerprint density at radius 1 is 1.44 bits per heavy atom. The number of rotatable bonds is 4. The highest BCUT2D eigenvalue weighted by atomic mass is 35.5. The molecule has 0 atom stereocenters. The monoisotopic (exact) mass is 284 g/mol. The first-order chi connectivity index (χ1) is 8.56. The van der Waals surface area contributed by atoms with Gasteiger partial charge in [0.25, 0.3) is 0 Å². The molecule has 0 spiro atoms. The van der Waals surface area contributed by atoms with Gasteiger partial charge in [-0.1, -0.05) is 11.6 Å². The second kappa shape index (κ2) is 5.37. The number of carbonyl (C=O) groups is 1. The average molecular weight is 285 g/mol. The molecule has 1 aromatic carbocycles. The van der Waals surface area contributed by atoms with E-state index in [1.807, 2.05) is 0 Å². The molecule has 94 valence electrons. The number of benzene rings is 1. The third-order valence-corrected chi connectivity index (χ3v) is 3.59. The molecule has 18 heavy (non-hydrogen) atoms. The number of carbonyl (C=O) groups excluding carboxylic acids is 1. The van der Waals surface area contributed by atoms with Crippen LogP contribution >= 0.6 is 22.9 Å². The number of thiophene rings is 1. The van der Waals surface area contributed by atoms with Crippen LogP contribution in [0.2, 0.25) is 5.02 Å². The molecule has 0 saturated carbocycles. The highest BCUT2D eigenvalue weighted by Gasteiger charge is 2.06. The van der Waals surface area contributed by atoms with Crippen molar-refractivity contribution in [2.24, 2.45) is 5.73 Å². The Bertz CT molecular complexity index is 585. The fraction of sp³-hybridized carbons (Fsp3) is 0.0833. The van der Waals surface area contributed by atoms with Crippen LogP contribution in [0, 0.1) is 5.82 Å². The summed E-state index contributed by atoms with van der Waals surface area (Å²) in [4.78, 5) is 11.8. The molecule has 3 N–H and O–H groups in total. The zero-order chi connectivity index (χ0) is 13.1. The third-order valence-electron chi connectivity index (χ3n) is 2.32. The molecule has 0 saturated heterocycles. The summed E-state index contributed by atoms with van der Waals surface area (Å²) in [6.45, 7) is 0.459. The minimum Gasteiger partial charge on any atom is -0.379 e. The van der Waals surface area contributed by atoms with Crippen LogP contribution in [0.4, 0.5) is 10.1 Å². The summed E-state index contributed by atoms with van der Waals surface area (Å²) in [5, 5.41) is 5.14. The first kappa shape index (κ1) is 12.9. The van der Waals surface area contributed by atoms with Gasteiger partial charge in [0.2, 0.25) is 5.91 Å². The zero-order valence-corrected chi connectivity index (χ0v) is 10.8. The van der Waals surface area contributed by atoms with Crippen LogP contribution in [0.3, 0.4) is 0 Å². The lowest BCUT2D eigenvalue weighted by molar-refractivity contribution is 0.100. The lowest BCUT2D eigenvalue weighted by Crippen LogP contribution is -2.09. The lowest BCUT2D eigenvalue weighted by atomic mass is 10.3. The molecule has 1 amide bonds. The van der Waals surface area contributed by atoms with Gasteiger partial charge in [-0.15, -0.1) is 11.3 Å². The highest BCUT2D eigenvalue weighted by molar-refractivity contribution is 7.10. The molecule has 0 bridgehead atoms. The standard InChI is InChI=1S/C12H10ClFN2OS/c13-10-2-1-8(14)4-11(10)16-5-9-3-7(6-18-9)12(15)17/h1-4,6,16H,5H2,(H2,15,17). The Labute approximate surface area is 112 Å². The van der Waals surface area contributed by atoms with E-state index in [0.29, 0.717) is 22.8 Å². The predicted molar refractivity (Wildman–Crippen MR) is 71.6 cm³/mol.